The second-order valence-corrected chi connectivity index (χ2v) is 7.44. The predicted molar refractivity (Wildman–Crippen MR) is 78.0 cm³/mol. The molecule has 4 aliphatic carbocycles. The van der Waals surface area contributed by atoms with Gasteiger partial charge in [0.2, 0.25) is 0 Å². The van der Waals surface area contributed by atoms with E-state index in [1.807, 2.05) is 6.33 Å². The third kappa shape index (κ3) is 1.92. The van der Waals surface area contributed by atoms with Gasteiger partial charge in [-0.05, 0) is 75.2 Å². The Morgan fingerprint density at radius 2 is 1.85 bits per heavy atom. The van der Waals surface area contributed by atoms with Crippen molar-refractivity contribution in [2.45, 2.75) is 51.5 Å². The Bertz CT molecular complexity index is 453. The van der Waals surface area contributed by atoms with Crippen LogP contribution in [-0.2, 0) is 6.42 Å². The number of aromatic nitrogens is 3. The Labute approximate surface area is 121 Å². The summed E-state index contributed by atoms with van der Waals surface area (Å²) in [5.41, 5.74) is 5.70. The van der Waals surface area contributed by atoms with Crippen molar-refractivity contribution in [1.29, 1.82) is 0 Å². The minimum absolute atomic E-state index is 0.543. The lowest BCUT2D eigenvalue weighted by molar-refractivity contribution is -0.0557. The minimum Gasteiger partial charge on any atom is -0.330 e. The Morgan fingerprint density at radius 3 is 2.45 bits per heavy atom. The van der Waals surface area contributed by atoms with Crippen LogP contribution in [0.1, 0.15) is 50.9 Å². The summed E-state index contributed by atoms with van der Waals surface area (Å²) in [4.78, 5) is 0. The third-order valence-electron chi connectivity index (χ3n) is 6.31. The van der Waals surface area contributed by atoms with Crippen molar-refractivity contribution in [2.75, 3.05) is 6.54 Å². The topological polar surface area (TPSA) is 56.7 Å². The number of nitrogens with two attached hydrogens (primary N) is 1. The maximum Gasteiger partial charge on any atom is 0.134 e. The van der Waals surface area contributed by atoms with Crippen molar-refractivity contribution < 1.29 is 0 Å². The maximum atomic E-state index is 5.70. The highest BCUT2D eigenvalue weighted by Crippen LogP contribution is 2.59. The standard InChI is InChI=1S/C16H26N4/c1-10(20-9-18-19-15(20)2-3-17)16-13-5-11-4-12(7-13)8-14(16)6-11/h9-14,16H,2-8,17H2,1H3. The lowest BCUT2D eigenvalue weighted by Gasteiger charge is -2.56. The summed E-state index contributed by atoms with van der Waals surface area (Å²) < 4.78 is 2.32. The van der Waals surface area contributed by atoms with Gasteiger partial charge in [-0.25, -0.2) is 0 Å². The molecule has 4 fully saturated rings. The van der Waals surface area contributed by atoms with E-state index in [-0.39, 0.29) is 0 Å². The van der Waals surface area contributed by atoms with E-state index in [2.05, 4.69) is 21.7 Å². The Hall–Kier alpha value is -0.900. The van der Waals surface area contributed by atoms with Gasteiger partial charge in [0.1, 0.15) is 12.2 Å². The molecule has 0 spiro atoms. The van der Waals surface area contributed by atoms with Gasteiger partial charge in [0.15, 0.2) is 0 Å². The molecule has 4 heteroatoms. The number of nitrogens with zero attached hydrogens (tertiary/aromatic N) is 3. The van der Waals surface area contributed by atoms with E-state index in [1.165, 1.54) is 32.1 Å². The van der Waals surface area contributed by atoms with E-state index in [9.17, 15) is 0 Å². The zero-order valence-corrected chi connectivity index (χ0v) is 12.4. The molecule has 1 heterocycles. The summed E-state index contributed by atoms with van der Waals surface area (Å²) in [6.45, 7) is 3.05. The van der Waals surface area contributed by atoms with E-state index < -0.39 is 0 Å². The average molecular weight is 274 g/mol. The smallest absolute Gasteiger partial charge is 0.134 e. The Morgan fingerprint density at radius 1 is 1.20 bits per heavy atom. The molecule has 1 atom stereocenters. The van der Waals surface area contributed by atoms with Crippen molar-refractivity contribution in [2.24, 2.45) is 35.3 Å². The van der Waals surface area contributed by atoms with E-state index in [4.69, 9.17) is 5.73 Å². The molecular weight excluding hydrogens is 248 g/mol. The fraction of sp³-hybridized carbons (Fsp3) is 0.875. The fourth-order valence-corrected chi connectivity index (χ4v) is 5.86. The molecule has 2 N–H and O–H groups in total. The van der Waals surface area contributed by atoms with Gasteiger partial charge in [0, 0.05) is 12.5 Å². The summed E-state index contributed by atoms with van der Waals surface area (Å²) >= 11 is 0. The van der Waals surface area contributed by atoms with Crippen LogP contribution >= 0.6 is 0 Å². The lowest BCUT2D eigenvalue weighted by atomic mass is 9.50. The molecular formula is C16H26N4. The van der Waals surface area contributed by atoms with Crippen molar-refractivity contribution in [3.63, 3.8) is 0 Å². The van der Waals surface area contributed by atoms with Crippen LogP contribution in [0.5, 0.6) is 0 Å². The van der Waals surface area contributed by atoms with Gasteiger partial charge in [-0.3, -0.25) is 0 Å². The second kappa shape index (κ2) is 4.83. The fourth-order valence-electron chi connectivity index (χ4n) is 5.86. The van der Waals surface area contributed by atoms with Crippen molar-refractivity contribution in [1.82, 2.24) is 14.8 Å². The molecule has 4 nitrogen and oxygen atoms in total. The van der Waals surface area contributed by atoms with Gasteiger partial charge in [0.05, 0.1) is 0 Å². The van der Waals surface area contributed by atoms with Gasteiger partial charge in [-0.15, -0.1) is 10.2 Å². The molecule has 1 unspecified atom stereocenters. The quantitative estimate of drug-likeness (QED) is 0.917. The minimum atomic E-state index is 0.543. The van der Waals surface area contributed by atoms with Crippen molar-refractivity contribution >= 4 is 0 Å². The van der Waals surface area contributed by atoms with Crippen molar-refractivity contribution in [3.8, 4) is 0 Å². The highest BCUT2D eigenvalue weighted by Gasteiger charge is 2.50. The average Bonchev–Trinajstić information content (AvgIpc) is 2.86. The highest BCUT2D eigenvalue weighted by molar-refractivity contribution is 5.02. The summed E-state index contributed by atoms with van der Waals surface area (Å²) in [6, 6.07) is 0.543. The Kier molecular flexibility index (Phi) is 3.09. The first-order chi connectivity index (χ1) is 9.76. The van der Waals surface area contributed by atoms with Crippen LogP contribution in [0.3, 0.4) is 0 Å². The van der Waals surface area contributed by atoms with Crippen LogP contribution in [0, 0.1) is 29.6 Å². The summed E-state index contributed by atoms with van der Waals surface area (Å²) in [5, 5.41) is 8.40. The molecule has 0 amide bonds. The predicted octanol–water partition coefficient (Wildman–Crippen LogP) is 2.41. The first-order valence-electron chi connectivity index (χ1n) is 8.34. The van der Waals surface area contributed by atoms with Crippen LogP contribution in [0.4, 0.5) is 0 Å². The SMILES string of the molecule is CC(C1C2CC3CC(C2)CC1C3)n1cnnc1CCN. The van der Waals surface area contributed by atoms with Gasteiger partial charge in [-0.2, -0.15) is 0 Å². The molecule has 1 aromatic rings. The summed E-state index contributed by atoms with van der Waals surface area (Å²) in [7, 11) is 0. The van der Waals surface area contributed by atoms with Crippen LogP contribution < -0.4 is 5.73 Å². The van der Waals surface area contributed by atoms with Crippen LogP contribution in [0.25, 0.3) is 0 Å². The molecule has 4 saturated carbocycles. The number of rotatable bonds is 4. The molecule has 4 bridgehead atoms. The largest absolute Gasteiger partial charge is 0.330 e. The van der Waals surface area contributed by atoms with Crippen molar-refractivity contribution in [3.05, 3.63) is 12.2 Å². The maximum absolute atomic E-state index is 5.70. The molecule has 110 valence electrons. The van der Waals surface area contributed by atoms with E-state index in [0.717, 1.165) is 41.8 Å². The molecule has 0 aromatic carbocycles. The molecule has 20 heavy (non-hydrogen) atoms. The molecule has 0 aliphatic heterocycles. The van der Waals surface area contributed by atoms with Crippen LogP contribution in [-0.4, -0.2) is 21.3 Å². The third-order valence-corrected chi connectivity index (χ3v) is 6.31. The monoisotopic (exact) mass is 274 g/mol. The van der Waals surface area contributed by atoms with Crippen LogP contribution in [0.15, 0.2) is 6.33 Å². The zero-order valence-electron chi connectivity index (χ0n) is 12.4. The number of hydrogen-bond donors (Lipinski definition) is 1. The van der Waals surface area contributed by atoms with Crippen LogP contribution in [0.2, 0.25) is 0 Å². The Balaban J connectivity index is 1.59. The highest BCUT2D eigenvalue weighted by atomic mass is 15.3. The van der Waals surface area contributed by atoms with E-state index in [0.29, 0.717) is 12.6 Å². The van der Waals surface area contributed by atoms with E-state index >= 15 is 0 Å². The molecule has 5 rings (SSSR count). The molecule has 4 aliphatic rings. The summed E-state index contributed by atoms with van der Waals surface area (Å²) in [6.07, 6.45) is 10.2. The molecule has 1 aromatic heterocycles. The number of hydrogen-bond acceptors (Lipinski definition) is 3. The van der Waals surface area contributed by atoms with Gasteiger partial charge in [-0.1, -0.05) is 0 Å². The van der Waals surface area contributed by atoms with E-state index in [1.54, 1.807) is 0 Å². The molecule has 0 radical (unpaired) electrons. The molecule has 0 saturated heterocycles. The zero-order chi connectivity index (χ0) is 13.7. The first-order valence-corrected chi connectivity index (χ1v) is 8.34. The second-order valence-electron chi connectivity index (χ2n) is 7.44. The summed E-state index contributed by atoms with van der Waals surface area (Å²) in [5.74, 6) is 5.92. The van der Waals surface area contributed by atoms with Gasteiger partial charge >= 0.3 is 0 Å². The van der Waals surface area contributed by atoms with Gasteiger partial charge < -0.3 is 10.3 Å². The first kappa shape index (κ1) is 12.8. The van der Waals surface area contributed by atoms with Gasteiger partial charge in [0.25, 0.3) is 0 Å². The normalized spacial score (nSPS) is 40.2. The lowest BCUT2D eigenvalue weighted by Crippen LogP contribution is -2.47.